The van der Waals surface area contributed by atoms with Crippen LogP contribution in [-0.2, 0) is 13.0 Å². The van der Waals surface area contributed by atoms with Crippen LogP contribution in [0.5, 0.6) is 0 Å². The summed E-state index contributed by atoms with van der Waals surface area (Å²) in [6, 6.07) is 11.8. The number of benzene rings is 1. The molecular formula is C20H28FIN4O. The van der Waals surface area contributed by atoms with Crippen molar-refractivity contribution in [3.63, 3.8) is 0 Å². The molecule has 2 N–H and O–H groups in total. The quantitative estimate of drug-likeness (QED) is 0.248. The summed E-state index contributed by atoms with van der Waals surface area (Å²) in [6.45, 7) is 4.89. The fourth-order valence-corrected chi connectivity index (χ4v) is 2.59. The number of hydrogen-bond donors (Lipinski definition) is 2. The van der Waals surface area contributed by atoms with Gasteiger partial charge in [-0.1, -0.05) is 18.2 Å². The zero-order chi connectivity index (χ0) is 18.6. The Morgan fingerprint density at radius 2 is 2.00 bits per heavy atom. The van der Waals surface area contributed by atoms with Crippen molar-refractivity contribution in [1.82, 2.24) is 15.2 Å². The van der Waals surface area contributed by atoms with E-state index >= 15 is 0 Å². The Balaban J connectivity index is 0.00000364. The number of pyridine rings is 1. The fourth-order valence-electron chi connectivity index (χ4n) is 2.59. The van der Waals surface area contributed by atoms with Gasteiger partial charge in [0, 0.05) is 38.4 Å². The van der Waals surface area contributed by atoms with Crippen LogP contribution in [-0.4, -0.2) is 30.2 Å². The van der Waals surface area contributed by atoms with Gasteiger partial charge in [-0.15, -0.1) is 24.0 Å². The lowest BCUT2D eigenvalue weighted by Crippen LogP contribution is -2.38. The number of rotatable bonds is 9. The molecule has 1 heterocycles. The lowest BCUT2D eigenvalue weighted by Gasteiger charge is -2.11. The van der Waals surface area contributed by atoms with Crippen molar-refractivity contribution in [2.45, 2.75) is 32.7 Å². The molecule has 0 bridgehead atoms. The average molecular weight is 486 g/mol. The Kier molecular flexibility index (Phi) is 11.4. The van der Waals surface area contributed by atoms with E-state index < -0.39 is 0 Å². The van der Waals surface area contributed by atoms with Crippen molar-refractivity contribution in [3.8, 4) is 0 Å². The zero-order valence-corrected chi connectivity index (χ0v) is 18.0. The van der Waals surface area contributed by atoms with Gasteiger partial charge in [-0.3, -0.25) is 9.79 Å². The molecule has 0 radical (unpaired) electrons. The third-order valence-corrected chi connectivity index (χ3v) is 3.92. The number of aliphatic imine (C=N–C) groups is 1. The summed E-state index contributed by atoms with van der Waals surface area (Å²) in [4.78, 5) is 16.2. The third-order valence-electron chi connectivity index (χ3n) is 3.92. The summed E-state index contributed by atoms with van der Waals surface area (Å²) in [6.07, 6.45) is 4.35. The number of aromatic nitrogens is 1. The Labute approximate surface area is 177 Å². The van der Waals surface area contributed by atoms with Crippen molar-refractivity contribution in [2.75, 3.05) is 19.6 Å². The van der Waals surface area contributed by atoms with E-state index in [1.54, 1.807) is 28.8 Å². The van der Waals surface area contributed by atoms with Gasteiger partial charge < -0.3 is 15.2 Å². The van der Waals surface area contributed by atoms with Crippen LogP contribution in [0.4, 0.5) is 4.39 Å². The molecule has 0 fully saturated rings. The van der Waals surface area contributed by atoms with Crippen LogP contribution in [0.1, 0.15) is 25.3 Å². The smallest absolute Gasteiger partial charge is 0.250 e. The van der Waals surface area contributed by atoms with Gasteiger partial charge in [0.25, 0.3) is 0 Å². The number of aryl methyl sites for hydroxylation is 1. The first-order valence-electron chi connectivity index (χ1n) is 9.11. The van der Waals surface area contributed by atoms with E-state index in [0.717, 1.165) is 37.3 Å². The minimum atomic E-state index is -0.208. The Hall–Kier alpha value is -1.90. The Morgan fingerprint density at radius 1 is 1.15 bits per heavy atom. The molecule has 0 aliphatic heterocycles. The number of halogens is 2. The second-order valence-corrected chi connectivity index (χ2v) is 6.01. The first kappa shape index (κ1) is 23.1. The summed E-state index contributed by atoms with van der Waals surface area (Å²) >= 11 is 0. The molecule has 0 aliphatic rings. The highest BCUT2D eigenvalue weighted by atomic mass is 127. The van der Waals surface area contributed by atoms with E-state index in [9.17, 15) is 9.18 Å². The zero-order valence-electron chi connectivity index (χ0n) is 15.7. The number of guanidine groups is 1. The Morgan fingerprint density at radius 3 is 2.74 bits per heavy atom. The van der Waals surface area contributed by atoms with Crippen LogP contribution in [0.15, 0.2) is 58.4 Å². The van der Waals surface area contributed by atoms with E-state index in [2.05, 4.69) is 15.6 Å². The summed E-state index contributed by atoms with van der Waals surface area (Å²) in [5.41, 5.74) is 0.991. The SMILES string of the molecule is CCNC(=NCCCCn1ccccc1=O)NCCc1cccc(F)c1.I. The second-order valence-electron chi connectivity index (χ2n) is 6.01. The molecule has 0 saturated heterocycles. The summed E-state index contributed by atoms with van der Waals surface area (Å²) in [5.74, 6) is 0.557. The molecule has 2 rings (SSSR count). The molecule has 7 heteroatoms. The maximum absolute atomic E-state index is 13.2. The fraction of sp³-hybridized carbons (Fsp3) is 0.400. The number of unbranched alkanes of at least 4 members (excludes halogenated alkanes) is 1. The maximum Gasteiger partial charge on any atom is 0.250 e. The van der Waals surface area contributed by atoms with E-state index in [-0.39, 0.29) is 35.4 Å². The minimum absolute atomic E-state index is 0. The van der Waals surface area contributed by atoms with Gasteiger partial charge in [-0.25, -0.2) is 4.39 Å². The molecule has 1 aromatic heterocycles. The topological polar surface area (TPSA) is 58.4 Å². The number of nitrogens with one attached hydrogen (secondary N) is 2. The molecule has 0 unspecified atom stereocenters. The highest BCUT2D eigenvalue weighted by Crippen LogP contribution is 2.03. The van der Waals surface area contributed by atoms with E-state index in [0.29, 0.717) is 19.6 Å². The van der Waals surface area contributed by atoms with Crippen molar-refractivity contribution in [1.29, 1.82) is 0 Å². The van der Waals surface area contributed by atoms with Gasteiger partial charge >= 0.3 is 0 Å². The molecule has 0 aliphatic carbocycles. The van der Waals surface area contributed by atoms with Crippen LogP contribution in [0, 0.1) is 5.82 Å². The summed E-state index contributed by atoms with van der Waals surface area (Å²) in [5, 5.41) is 6.48. The minimum Gasteiger partial charge on any atom is -0.357 e. The highest BCUT2D eigenvalue weighted by Gasteiger charge is 1.99. The third kappa shape index (κ3) is 9.03. The highest BCUT2D eigenvalue weighted by molar-refractivity contribution is 14.0. The van der Waals surface area contributed by atoms with E-state index in [1.807, 2.05) is 25.3 Å². The molecule has 1 aromatic carbocycles. The molecule has 0 saturated carbocycles. The maximum atomic E-state index is 13.2. The van der Waals surface area contributed by atoms with Crippen LogP contribution < -0.4 is 16.2 Å². The summed E-state index contributed by atoms with van der Waals surface area (Å²) < 4.78 is 14.9. The van der Waals surface area contributed by atoms with Gasteiger partial charge in [-0.05, 0) is 49.9 Å². The molecule has 0 atom stereocenters. The Bertz CT molecular complexity index is 763. The van der Waals surface area contributed by atoms with Crippen LogP contribution in [0.3, 0.4) is 0 Å². The van der Waals surface area contributed by atoms with Crippen LogP contribution in [0.2, 0.25) is 0 Å². The lowest BCUT2D eigenvalue weighted by molar-refractivity contribution is 0.597. The van der Waals surface area contributed by atoms with Crippen molar-refractivity contribution >= 4 is 29.9 Å². The van der Waals surface area contributed by atoms with Crippen LogP contribution >= 0.6 is 24.0 Å². The second kappa shape index (κ2) is 13.3. The predicted octanol–water partition coefficient (Wildman–Crippen LogP) is 3.18. The van der Waals surface area contributed by atoms with Crippen molar-refractivity contribution in [2.24, 2.45) is 4.99 Å². The van der Waals surface area contributed by atoms with Gasteiger partial charge in [-0.2, -0.15) is 0 Å². The van der Waals surface area contributed by atoms with Gasteiger partial charge in [0.15, 0.2) is 5.96 Å². The lowest BCUT2D eigenvalue weighted by atomic mass is 10.1. The van der Waals surface area contributed by atoms with Crippen LogP contribution in [0.25, 0.3) is 0 Å². The average Bonchev–Trinajstić information content (AvgIpc) is 2.63. The monoisotopic (exact) mass is 486 g/mol. The molecule has 2 aromatic rings. The van der Waals surface area contributed by atoms with Gasteiger partial charge in [0.1, 0.15) is 5.82 Å². The van der Waals surface area contributed by atoms with Gasteiger partial charge in [0.2, 0.25) is 5.56 Å². The first-order valence-corrected chi connectivity index (χ1v) is 9.11. The number of hydrogen-bond acceptors (Lipinski definition) is 2. The first-order chi connectivity index (χ1) is 12.7. The van der Waals surface area contributed by atoms with E-state index in [1.165, 1.54) is 6.07 Å². The van der Waals surface area contributed by atoms with Crippen molar-refractivity contribution < 1.29 is 4.39 Å². The predicted molar refractivity (Wildman–Crippen MR) is 119 cm³/mol. The molecular weight excluding hydrogens is 458 g/mol. The normalized spacial score (nSPS) is 11.0. The summed E-state index contributed by atoms with van der Waals surface area (Å²) in [7, 11) is 0. The molecule has 5 nitrogen and oxygen atoms in total. The molecule has 27 heavy (non-hydrogen) atoms. The molecule has 0 amide bonds. The molecule has 0 spiro atoms. The van der Waals surface area contributed by atoms with Crippen molar-refractivity contribution in [3.05, 3.63) is 70.4 Å². The largest absolute Gasteiger partial charge is 0.357 e. The molecule has 148 valence electrons. The standard InChI is InChI=1S/C20H27FN4O.HI/c1-2-22-20(24-13-11-17-8-7-9-18(21)16-17)23-12-4-6-15-25-14-5-3-10-19(25)26;/h3,5,7-10,14,16H,2,4,6,11-13,15H2,1H3,(H2,22,23,24);1H. The van der Waals surface area contributed by atoms with E-state index in [4.69, 9.17) is 0 Å². The number of nitrogens with zero attached hydrogens (tertiary/aromatic N) is 2. The van der Waals surface area contributed by atoms with Gasteiger partial charge in [0.05, 0.1) is 0 Å².